The second kappa shape index (κ2) is 25.5. The van der Waals surface area contributed by atoms with Gasteiger partial charge in [0.2, 0.25) is 0 Å². The number of carbonyl (C=O) groups excluding carboxylic acids is 2. The molecule has 1 atom stereocenters. The first-order valence-electron chi connectivity index (χ1n) is 13.6. The number of carbonyl (C=O) groups is 2. The van der Waals surface area contributed by atoms with Gasteiger partial charge in [0.15, 0.2) is 5.25 Å². The van der Waals surface area contributed by atoms with Crippen molar-refractivity contribution in [3.8, 4) is 0 Å². The minimum absolute atomic E-state index is 0. The molecule has 9 heteroatoms. The monoisotopic (exact) mass is 530 g/mol. The first-order valence-corrected chi connectivity index (χ1v) is 15.1. The maximum absolute atomic E-state index is 12.1. The molecule has 0 amide bonds. The van der Waals surface area contributed by atoms with Crippen molar-refractivity contribution >= 4 is 22.1 Å². The molecule has 0 saturated heterocycles. The van der Waals surface area contributed by atoms with Gasteiger partial charge in [-0.05, 0) is 12.8 Å². The Labute approximate surface area is 238 Å². The first-order chi connectivity index (χ1) is 16.3. The molecule has 0 fully saturated rings. The average Bonchev–Trinajstić information content (AvgIpc) is 2.79. The molecule has 0 saturated carbocycles. The summed E-state index contributed by atoms with van der Waals surface area (Å²) in [5, 5.41) is -1.93. The van der Waals surface area contributed by atoms with E-state index in [1.807, 2.05) is 0 Å². The summed E-state index contributed by atoms with van der Waals surface area (Å²) in [5.74, 6) is -1.91. The van der Waals surface area contributed by atoms with Gasteiger partial charge in [0.1, 0.15) is 0 Å². The van der Waals surface area contributed by atoms with Crippen LogP contribution in [0.3, 0.4) is 0 Å². The van der Waals surface area contributed by atoms with E-state index in [1.165, 1.54) is 64.2 Å². The summed E-state index contributed by atoms with van der Waals surface area (Å²) >= 11 is 0. The third-order valence-electron chi connectivity index (χ3n) is 5.98. The minimum atomic E-state index is -4.75. The Bertz CT molecular complexity index is 617. The molecule has 0 aliphatic heterocycles. The second-order valence-electron chi connectivity index (χ2n) is 9.25. The van der Waals surface area contributed by atoms with Crippen molar-refractivity contribution in [2.45, 2.75) is 141 Å². The van der Waals surface area contributed by atoms with Gasteiger partial charge in [-0.2, -0.15) is 8.42 Å². The molecule has 7 nitrogen and oxygen atoms in total. The first kappa shape index (κ1) is 37.0. The normalized spacial score (nSPS) is 12.1. The Balaban J connectivity index is -0.00000544. The van der Waals surface area contributed by atoms with E-state index in [9.17, 15) is 22.6 Å². The number of hydrogen-bond donors (Lipinski definition) is 1. The standard InChI is InChI=1S/C26H50O7S.Na.H/c1-3-5-7-9-11-13-15-17-19-21-32-25(27)23-24(34(29,30)31)26(28)33-22-20-18-16-14-12-10-8-6-4-2;;/h24H,3-23H2,1-2H3,(H,29,30,31);;/q;+1;-1. The third-order valence-corrected chi connectivity index (χ3v) is 7.06. The van der Waals surface area contributed by atoms with Crippen molar-refractivity contribution in [2.24, 2.45) is 0 Å². The largest absolute Gasteiger partial charge is 1.00 e. The second-order valence-corrected chi connectivity index (χ2v) is 10.9. The van der Waals surface area contributed by atoms with Crippen LogP contribution in [0.5, 0.6) is 0 Å². The van der Waals surface area contributed by atoms with Gasteiger partial charge in [0.25, 0.3) is 10.1 Å². The van der Waals surface area contributed by atoms with Crippen LogP contribution in [-0.4, -0.2) is 43.4 Å². The number of esters is 2. The SMILES string of the molecule is CCCCCCCCCCCOC(=O)CC(C(=O)OCCCCCCCCCCC)S(=O)(=O)O.[H-].[Na+]. The van der Waals surface area contributed by atoms with Gasteiger partial charge in [-0.25, -0.2) is 0 Å². The molecule has 0 bridgehead atoms. The summed E-state index contributed by atoms with van der Waals surface area (Å²) in [7, 11) is -4.75. The van der Waals surface area contributed by atoms with Crippen molar-refractivity contribution in [2.75, 3.05) is 13.2 Å². The van der Waals surface area contributed by atoms with E-state index in [-0.39, 0.29) is 44.2 Å². The van der Waals surface area contributed by atoms with E-state index >= 15 is 0 Å². The molecule has 0 spiro atoms. The maximum Gasteiger partial charge on any atom is 1.00 e. The van der Waals surface area contributed by atoms with Crippen LogP contribution in [-0.2, 0) is 29.2 Å². The van der Waals surface area contributed by atoms with Crippen molar-refractivity contribution in [3.05, 3.63) is 0 Å². The quantitative estimate of drug-likeness (QED) is 0.0873. The predicted octanol–water partition coefficient (Wildman–Crippen LogP) is 3.90. The average molecular weight is 531 g/mol. The molecule has 0 radical (unpaired) electrons. The minimum Gasteiger partial charge on any atom is -1.00 e. The number of rotatable bonds is 24. The topological polar surface area (TPSA) is 107 Å². The number of ether oxygens (including phenoxy) is 2. The van der Waals surface area contributed by atoms with E-state index in [0.29, 0.717) is 12.8 Å². The molecule has 0 aromatic carbocycles. The van der Waals surface area contributed by atoms with Crippen molar-refractivity contribution < 1.29 is 63.0 Å². The number of hydrogen-bond acceptors (Lipinski definition) is 6. The summed E-state index contributed by atoms with van der Waals surface area (Å²) in [6.45, 7) is 4.64. The van der Waals surface area contributed by atoms with Gasteiger partial charge in [0, 0.05) is 0 Å². The van der Waals surface area contributed by atoms with Gasteiger partial charge in [-0.1, -0.05) is 117 Å². The van der Waals surface area contributed by atoms with Crippen LogP contribution in [0.2, 0.25) is 0 Å². The van der Waals surface area contributed by atoms with Gasteiger partial charge < -0.3 is 10.9 Å². The molecule has 0 rings (SSSR count). The summed E-state index contributed by atoms with van der Waals surface area (Å²) in [6, 6.07) is 0. The summed E-state index contributed by atoms with van der Waals surface area (Å²) in [5.41, 5.74) is 0. The molecule has 0 heterocycles. The Kier molecular flexibility index (Phi) is 27.0. The molecular weight excluding hydrogens is 479 g/mol. The van der Waals surface area contributed by atoms with E-state index in [1.54, 1.807) is 0 Å². The molecular formula is C26H51NaO7S. The Morgan fingerprint density at radius 2 is 1.00 bits per heavy atom. The molecule has 0 aliphatic carbocycles. The van der Waals surface area contributed by atoms with Gasteiger partial charge in [-0.15, -0.1) is 0 Å². The zero-order valence-corrected chi connectivity index (χ0v) is 25.5. The molecule has 0 aromatic rings. The Morgan fingerprint density at radius 1 is 0.657 bits per heavy atom. The summed E-state index contributed by atoms with van der Waals surface area (Å²) in [6.07, 6.45) is 19.3. The van der Waals surface area contributed by atoms with Crippen molar-refractivity contribution in [1.82, 2.24) is 0 Å². The van der Waals surface area contributed by atoms with Gasteiger partial charge in [-0.3, -0.25) is 14.1 Å². The van der Waals surface area contributed by atoms with Crippen molar-refractivity contribution in [1.29, 1.82) is 0 Å². The van der Waals surface area contributed by atoms with Crippen LogP contribution in [0.25, 0.3) is 0 Å². The maximum atomic E-state index is 12.1. The Morgan fingerprint density at radius 3 is 1.37 bits per heavy atom. The van der Waals surface area contributed by atoms with E-state index in [0.717, 1.165) is 38.5 Å². The van der Waals surface area contributed by atoms with Gasteiger partial charge in [0.05, 0.1) is 19.6 Å². The number of unbranched alkanes of at least 4 members (excludes halogenated alkanes) is 16. The fourth-order valence-corrected chi connectivity index (χ4v) is 4.46. The van der Waals surface area contributed by atoms with E-state index in [2.05, 4.69) is 13.8 Å². The smallest absolute Gasteiger partial charge is 1.00 e. The predicted molar refractivity (Wildman–Crippen MR) is 137 cm³/mol. The van der Waals surface area contributed by atoms with Crippen LogP contribution in [0.15, 0.2) is 0 Å². The van der Waals surface area contributed by atoms with Crippen LogP contribution in [0.4, 0.5) is 0 Å². The van der Waals surface area contributed by atoms with E-state index in [4.69, 9.17) is 9.47 Å². The molecule has 204 valence electrons. The van der Waals surface area contributed by atoms with Crippen LogP contribution in [0.1, 0.15) is 137 Å². The zero-order valence-electron chi connectivity index (χ0n) is 23.7. The van der Waals surface area contributed by atoms with Crippen LogP contribution < -0.4 is 29.6 Å². The molecule has 1 unspecified atom stereocenters. The fraction of sp³-hybridized carbons (Fsp3) is 0.923. The molecule has 0 aliphatic rings. The van der Waals surface area contributed by atoms with Crippen molar-refractivity contribution in [3.63, 3.8) is 0 Å². The van der Waals surface area contributed by atoms with Crippen LogP contribution in [0, 0.1) is 0 Å². The van der Waals surface area contributed by atoms with Gasteiger partial charge >= 0.3 is 41.5 Å². The molecule has 35 heavy (non-hydrogen) atoms. The fourth-order valence-electron chi connectivity index (χ4n) is 3.80. The molecule has 1 N–H and O–H groups in total. The van der Waals surface area contributed by atoms with Crippen LogP contribution >= 0.6 is 0 Å². The third kappa shape index (κ3) is 24.0. The zero-order chi connectivity index (χ0) is 25.5. The Hall–Kier alpha value is -0.150. The summed E-state index contributed by atoms with van der Waals surface area (Å²) < 4.78 is 42.6. The van der Waals surface area contributed by atoms with E-state index < -0.39 is 33.7 Å². The molecule has 0 aromatic heterocycles. The summed E-state index contributed by atoms with van der Waals surface area (Å²) in [4.78, 5) is 24.1.